The monoisotopic (exact) mass is 330 g/mol. The highest BCUT2D eigenvalue weighted by molar-refractivity contribution is 7.88. The van der Waals surface area contributed by atoms with Crippen molar-refractivity contribution in [3.63, 3.8) is 0 Å². The van der Waals surface area contributed by atoms with Crippen LogP contribution in [0.4, 0.5) is 0 Å². The Morgan fingerprint density at radius 1 is 1.18 bits per heavy atom. The van der Waals surface area contributed by atoms with Gasteiger partial charge in [0.2, 0.25) is 15.9 Å². The second-order valence-corrected chi connectivity index (χ2v) is 8.75. The average Bonchev–Trinajstić information content (AvgIpc) is 2.96. The Kier molecular flexibility index (Phi) is 3.48. The minimum atomic E-state index is -3.27. The number of morpholine rings is 1. The molecule has 0 radical (unpaired) electrons. The molecule has 3 saturated heterocycles. The zero-order valence-corrected chi connectivity index (χ0v) is 13.5. The number of amides is 1. The third-order valence-electron chi connectivity index (χ3n) is 5.51. The molecular weight excluding hydrogens is 308 g/mol. The van der Waals surface area contributed by atoms with Crippen LogP contribution in [0.25, 0.3) is 0 Å². The normalized spacial score (nSPS) is 41.9. The molecule has 0 aromatic heterocycles. The van der Waals surface area contributed by atoms with Crippen LogP contribution in [0.5, 0.6) is 0 Å². The van der Waals surface area contributed by atoms with Crippen molar-refractivity contribution in [1.82, 2.24) is 9.21 Å². The Hall–Kier alpha value is -0.700. The van der Waals surface area contributed by atoms with Crippen molar-refractivity contribution < 1.29 is 22.7 Å². The summed E-state index contributed by atoms with van der Waals surface area (Å²) < 4.78 is 36.5. The highest BCUT2D eigenvalue weighted by Crippen LogP contribution is 2.51. The molecule has 124 valence electrons. The molecule has 4 aliphatic rings. The number of ether oxygens (including phenoxy) is 2. The molecule has 5 atom stereocenters. The van der Waals surface area contributed by atoms with Gasteiger partial charge >= 0.3 is 0 Å². The summed E-state index contributed by atoms with van der Waals surface area (Å²) in [6, 6.07) is -0.240. The molecule has 1 aliphatic carbocycles. The van der Waals surface area contributed by atoms with Crippen molar-refractivity contribution in [1.29, 1.82) is 0 Å². The number of hydrogen-bond acceptors (Lipinski definition) is 5. The van der Waals surface area contributed by atoms with Gasteiger partial charge in [-0.05, 0) is 18.3 Å². The lowest BCUT2D eigenvalue weighted by atomic mass is 10.00. The van der Waals surface area contributed by atoms with Crippen molar-refractivity contribution >= 4 is 15.9 Å². The fraction of sp³-hybridized carbons (Fsp3) is 0.929. The van der Waals surface area contributed by atoms with Crippen molar-refractivity contribution in [2.24, 2.45) is 17.8 Å². The van der Waals surface area contributed by atoms with Crippen LogP contribution in [0.15, 0.2) is 0 Å². The first-order valence-electron chi connectivity index (χ1n) is 7.92. The van der Waals surface area contributed by atoms with Gasteiger partial charge in [0.25, 0.3) is 0 Å². The topological polar surface area (TPSA) is 76.2 Å². The maximum Gasteiger partial charge on any atom is 0.226 e. The minimum absolute atomic E-state index is 0.0884. The number of sulfonamides is 1. The van der Waals surface area contributed by atoms with E-state index in [4.69, 9.17) is 9.47 Å². The molecule has 0 N–H and O–H groups in total. The Labute approximate surface area is 130 Å². The van der Waals surface area contributed by atoms with Gasteiger partial charge in [-0.3, -0.25) is 4.79 Å². The fourth-order valence-corrected chi connectivity index (χ4v) is 5.37. The van der Waals surface area contributed by atoms with Gasteiger partial charge in [0, 0.05) is 25.6 Å². The van der Waals surface area contributed by atoms with Crippen molar-refractivity contribution in [2.75, 3.05) is 45.7 Å². The molecule has 7 nitrogen and oxygen atoms in total. The van der Waals surface area contributed by atoms with Crippen LogP contribution in [-0.2, 0) is 24.3 Å². The first kappa shape index (κ1) is 14.9. The Morgan fingerprint density at radius 2 is 1.91 bits per heavy atom. The van der Waals surface area contributed by atoms with Crippen molar-refractivity contribution in [2.45, 2.75) is 18.6 Å². The molecule has 4 fully saturated rings. The molecule has 8 heteroatoms. The molecule has 1 saturated carbocycles. The second-order valence-electron chi connectivity index (χ2n) is 6.81. The third-order valence-corrected chi connectivity index (χ3v) is 6.81. The molecule has 0 bridgehead atoms. The van der Waals surface area contributed by atoms with E-state index in [1.165, 1.54) is 10.6 Å². The molecule has 22 heavy (non-hydrogen) atoms. The van der Waals surface area contributed by atoms with Gasteiger partial charge in [0.15, 0.2) is 0 Å². The summed E-state index contributed by atoms with van der Waals surface area (Å²) in [7, 11) is -3.27. The molecule has 1 unspecified atom stereocenters. The zero-order valence-electron chi connectivity index (χ0n) is 12.7. The minimum Gasteiger partial charge on any atom is -0.381 e. The lowest BCUT2D eigenvalue weighted by Gasteiger charge is -2.46. The van der Waals surface area contributed by atoms with Gasteiger partial charge in [0.05, 0.1) is 38.2 Å². The van der Waals surface area contributed by atoms with E-state index < -0.39 is 10.0 Å². The number of carbonyl (C=O) groups excluding carboxylic acids is 1. The molecule has 0 aromatic carbocycles. The largest absolute Gasteiger partial charge is 0.381 e. The van der Waals surface area contributed by atoms with Crippen LogP contribution in [0, 0.1) is 17.8 Å². The standard InChI is InChI=1S/C14H22N2O5S/c1-22(18,19)16-4-5-21-12-2-3-15(6-11(12)16)14(17)13-9-7-20-8-10(9)13/h9-13H,2-8H2,1H3/t9-,10+,11-,12-,13?/m0/s1. The van der Waals surface area contributed by atoms with Crippen LogP contribution < -0.4 is 0 Å². The van der Waals surface area contributed by atoms with Crippen LogP contribution in [0.1, 0.15) is 6.42 Å². The summed E-state index contributed by atoms with van der Waals surface area (Å²) in [5.74, 6) is 1.05. The summed E-state index contributed by atoms with van der Waals surface area (Å²) in [6.07, 6.45) is 1.86. The number of nitrogens with zero attached hydrogens (tertiary/aromatic N) is 2. The number of fused-ring (bicyclic) bond motifs is 2. The summed E-state index contributed by atoms with van der Waals surface area (Å²) in [4.78, 5) is 14.5. The second kappa shape index (κ2) is 5.15. The molecule has 0 spiro atoms. The van der Waals surface area contributed by atoms with Gasteiger partial charge < -0.3 is 14.4 Å². The first-order valence-corrected chi connectivity index (χ1v) is 9.76. The van der Waals surface area contributed by atoms with Crippen LogP contribution in [0.3, 0.4) is 0 Å². The molecule has 3 aliphatic heterocycles. The van der Waals surface area contributed by atoms with E-state index >= 15 is 0 Å². The molecular formula is C14H22N2O5S. The van der Waals surface area contributed by atoms with Gasteiger partial charge in [-0.25, -0.2) is 8.42 Å². The van der Waals surface area contributed by atoms with E-state index in [1.54, 1.807) is 0 Å². The van der Waals surface area contributed by atoms with E-state index in [0.29, 0.717) is 57.7 Å². The van der Waals surface area contributed by atoms with Gasteiger partial charge in [0.1, 0.15) is 0 Å². The van der Waals surface area contributed by atoms with Gasteiger partial charge in [-0.15, -0.1) is 0 Å². The molecule has 0 aromatic rings. The highest BCUT2D eigenvalue weighted by atomic mass is 32.2. The van der Waals surface area contributed by atoms with Crippen LogP contribution >= 0.6 is 0 Å². The maximum absolute atomic E-state index is 12.7. The predicted octanol–water partition coefficient (Wildman–Crippen LogP) is -0.860. The molecule has 3 heterocycles. The number of carbonyl (C=O) groups is 1. The van der Waals surface area contributed by atoms with Crippen LogP contribution in [0.2, 0.25) is 0 Å². The fourth-order valence-electron chi connectivity index (χ4n) is 4.27. The Bertz CT molecular complexity index is 570. The summed E-state index contributed by atoms with van der Waals surface area (Å²) >= 11 is 0. The average molecular weight is 330 g/mol. The summed E-state index contributed by atoms with van der Waals surface area (Å²) in [6.45, 7) is 3.32. The Morgan fingerprint density at radius 3 is 2.59 bits per heavy atom. The van der Waals surface area contributed by atoms with Gasteiger partial charge in [-0.2, -0.15) is 4.31 Å². The quantitative estimate of drug-likeness (QED) is 0.659. The molecule has 4 rings (SSSR count). The van der Waals surface area contributed by atoms with Crippen molar-refractivity contribution in [3.05, 3.63) is 0 Å². The van der Waals surface area contributed by atoms with E-state index in [1.807, 2.05) is 4.90 Å². The smallest absolute Gasteiger partial charge is 0.226 e. The molecule has 1 amide bonds. The number of likely N-dealkylation sites (tertiary alicyclic amines) is 1. The number of piperidine rings is 1. The number of hydrogen-bond donors (Lipinski definition) is 0. The maximum atomic E-state index is 12.7. The van der Waals surface area contributed by atoms with E-state index in [2.05, 4.69) is 0 Å². The Balaban J connectivity index is 1.47. The predicted molar refractivity (Wildman–Crippen MR) is 77.6 cm³/mol. The zero-order chi connectivity index (χ0) is 15.5. The van der Waals surface area contributed by atoms with E-state index in [-0.39, 0.29) is 24.0 Å². The van der Waals surface area contributed by atoms with Crippen LogP contribution in [-0.4, -0.2) is 81.4 Å². The lowest BCUT2D eigenvalue weighted by Crippen LogP contribution is -2.62. The summed E-state index contributed by atoms with van der Waals surface area (Å²) in [5.41, 5.74) is 0. The lowest BCUT2D eigenvalue weighted by molar-refractivity contribution is -0.141. The van der Waals surface area contributed by atoms with Crippen molar-refractivity contribution in [3.8, 4) is 0 Å². The third kappa shape index (κ3) is 2.36. The number of rotatable bonds is 2. The highest BCUT2D eigenvalue weighted by Gasteiger charge is 2.59. The summed E-state index contributed by atoms with van der Waals surface area (Å²) in [5, 5.41) is 0. The van der Waals surface area contributed by atoms with E-state index in [0.717, 1.165) is 0 Å². The SMILES string of the molecule is CS(=O)(=O)N1CCO[C@H]2CCN(C(=O)C3[C@H]4COC[C@@H]34)C[C@@H]21. The first-order chi connectivity index (χ1) is 10.5. The van der Waals surface area contributed by atoms with Gasteiger partial charge in [-0.1, -0.05) is 0 Å². The van der Waals surface area contributed by atoms with E-state index in [9.17, 15) is 13.2 Å².